The molecule has 3 heterocycles. The number of fused-ring (bicyclic) bond motifs is 1. The minimum absolute atomic E-state index is 0.417. The van der Waals surface area contributed by atoms with E-state index in [1.165, 1.54) is 22.1 Å². The van der Waals surface area contributed by atoms with Gasteiger partial charge in [-0.1, -0.05) is 49.1 Å². The Bertz CT molecular complexity index is 1180. The summed E-state index contributed by atoms with van der Waals surface area (Å²) >= 11 is 1.62. The minimum Gasteiger partial charge on any atom is -0.422 e. The Hall–Kier alpha value is -3.18. The highest BCUT2D eigenvalue weighted by Crippen LogP contribution is 2.25. The topological polar surface area (TPSA) is 47.5 Å². The maximum Gasteiger partial charge on any atom is 0.345 e. The van der Waals surface area contributed by atoms with Crippen LogP contribution >= 0.6 is 11.3 Å². The Labute approximate surface area is 160 Å². The molecule has 0 aliphatic carbocycles. The van der Waals surface area contributed by atoms with Crippen LogP contribution in [0.15, 0.2) is 65.1 Å². The third-order valence-corrected chi connectivity index (χ3v) is 5.39. The molecule has 0 fully saturated rings. The first kappa shape index (κ1) is 17.2. The molecule has 0 bridgehead atoms. The van der Waals surface area contributed by atoms with Crippen molar-refractivity contribution in [2.24, 2.45) is 0 Å². The van der Waals surface area contributed by atoms with Crippen LogP contribution in [0.4, 0.5) is 0 Å². The number of imidazole rings is 1. The molecular formula is C22H18N2O2S. The summed E-state index contributed by atoms with van der Waals surface area (Å²) < 4.78 is 7.28. The van der Waals surface area contributed by atoms with Gasteiger partial charge in [0.25, 0.3) is 0 Å². The third-order valence-electron chi connectivity index (χ3n) is 4.39. The van der Waals surface area contributed by atoms with Crippen LogP contribution < -0.4 is 5.63 Å². The van der Waals surface area contributed by atoms with Gasteiger partial charge in [0, 0.05) is 29.3 Å². The van der Waals surface area contributed by atoms with Crippen LogP contribution in [0.3, 0.4) is 0 Å². The zero-order chi connectivity index (χ0) is 19.0. The lowest BCUT2D eigenvalue weighted by molar-refractivity contribution is 0.502. The fourth-order valence-electron chi connectivity index (χ4n) is 2.96. The molecule has 0 radical (unpaired) electrons. The lowest BCUT2D eigenvalue weighted by Crippen LogP contribution is -2.05. The summed E-state index contributed by atoms with van der Waals surface area (Å²) in [6.45, 7) is 9.50. The van der Waals surface area contributed by atoms with Crippen molar-refractivity contribution in [3.05, 3.63) is 93.6 Å². The predicted octanol–water partition coefficient (Wildman–Crippen LogP) is 5.20. The number of rotatable bonds is 5. The summed E-state index contributed by atoms with van der Waals surface area (Å²) in [5.41, 5.74) is 3.82. The second kappa shape index (κ2) is 6.85. The monoisotopic (exact) mass is 374 g/mol. The molecule has 0 unspecified atom stereocenters. The van der Waals surface area contributed by atoms with Gasteiger partial charge in [-0.3, -0.25) is 4.40 Å². The van der Waals surface area contributed by atoms with Crippen molar-refractivity contribution < 1.29 is 4.42 Å². The highest BCUT2D eigenvalue weighted by molar-refractivity contribution is 7.17. The van der Waals surface area contributed by atoms with Crippen molar-refractivity contribution in [1.82, 2.24) is 9.38 Å². The Morgan fingerprint density at radius 1 is 1.19 bits per heavy atom. The molecule has 5 heteroatoms. The van der Waals surface area contributed by atoms with E-state index in [0.717, 1.165) is 16.9 Å². The Morgan fingerprint density at radius 3 is 2.63 bits per heavy atom. The van der Waals surface area contributed by atoms with Gasteiger partial charge in [0.15, 0.2) is 4.96 Å². The summed E-state index contributed by atoms with van der Waals surface area (Å²) in [5.74, 6) is 0.417. The van der Waals surface area contributed by atoms with E-state index in [1.807, 2.05) is 10.6 Å². The standard InChI is InChI=1S/C22H18N2O2S/c1-4-16-11-18(21(25)26-20(16)5-2)19-13-24-12-17(27-22(24)23-19)10-15-8-6-14(3)7-9-15/h4-9,11-13H,1-2,10H2,3H3. The van der Waals surface area contributed by atoms with Crippen LogP contribution in [-0.4, -0.2) is 9.38 Å². The molecule has 0 atom stereocenters. The van der Waals surface area contributed by atoms with Crippen molar-refractivity contribution in [2.75, 3.05) is 0 Å². The lowest BCUT2D eigenvalue weighted by atomic mass is 10.1. The fraction of sp³-hybridized carbons (Fsp3) is 0.0909. The molecule has 0 spiro atoms. The molecule has 0 aliphatic heterocycles. The van der Waals surface area contributed by atoms with Crippen LogP contribution in [0.1, 0.15) is 27.3 Å². The van der Waals surface area contributed by atoms with Gasteiger partial charge in [-0.15, -0.1) is 11.3 Å². The largest absolute Gasteiger partial charge is 0.422 e. The van der Waals surface area contributed by atoms with Crippen molar-refractivity contribution >= 4 is 28.4 Å². The first-order valence-corrected chi connectivity index (χ1v) is 9.35. The van der Waals surface area contributed by atoms with Crippen molar-refractivity contribution in [3.63, 3.8) is 0 Å². The van der Waals surface area contributed by atoms with Crippen LogP contribution in [0.5, 0.6) is 0 Å². The van der Waals surface area contributed by atoms with E-state index in [-0.39, 0.29) is 0 Å². The number of thiazole rings is 1. The Morgan fingerprint density at radius 2 is 1.96 bits per heavy atom. The highest BCUT2D eigenvalue weighted by Gasteiger charge is 2.14. The minimum atomic E-state index is -0.430. The lowest BCUT2D eigenvalue weighted by Gasteiger charge is -2.01. The second-order valence-corrected chi connectivity index (χ2v) is 7.44. The van der Waals surface area contributed by atoms with Crippen molar-refractivity contribution in [2.45, 2.75) is 13.3 Å². The van der Waals surface area contributed by atoms with E-state index in [0.29, 0.717) is 17.0 Å². The van der Waals surface area contributed by atoms with Gasteiger partial charge >= 0.3 is 5.63 Å². The fourth-order valence-corrected chi connectivity index (χ4v) is 3.95. The van der Waals surface area contributed by atoms with E-state index < -0.39 is 5.63 Å². The van der Waals surface area contributed by atoms with Crippen LogP contribution in [0, 0.1) is 6.92 Å². The smallest absolute Gasteiger partial charge is 0.345 e. The molecule has 0 aliphatic rings. The second-order valence-electron chi connectivity index (χ2n) is 6.35. The number of aromatic nitrogens is 2. The van der Waals surface area contributed by atoms with Crippen LogP contribution in [0.25, 0.3) is 28.4 Å². The number of nitrogens with zero attached hydrogens (tertiary/aromatic N) is 2. The summed E-state index contributed by atoms with van der Waals surface area (Å²) in [6, 6.07) is 10.3. The molecule has 1 aromatic carbocycles. The molecular weight excluding hydrogens is 356 g/mol. The van der Waals surface area contributed by atoms with Gasteiger partial charge in [-0.2, -0.15) is 0 Å². The van der Waals surface area contributed by atoms with E-state index in [9.17, 15) is 4.79 Å². The van der Waals surface area contributed by atoms with Crippen LogP contribution in [-0.2, 0) is 6.42 Å². The Balaban J connectivity index is 1.68. The first-order chi connectivity index (χ1) is 13.1. The first-order valence-electron chi connectivity index (χ1n) is 8.53. The highest BCUT2D eigenvalue weighted by atomic mass is 32.1. The van der Waals surface area contributed by atoms with Gasteiger partial charge in [0.2, 0.25) is 0 Å². The summed E-state index contributed by atoms with van der Waals surface area (Å²) in [5, 5.41) is 0. The SMILES string of the molecule is C=Cc1cc(-c2cn3cc(Cc4ccc(C)cc4)sc3n2)c(=O)oc1C=C. The maximum atomic E-state index is 12.3. The van der Waals surface area contributed by atoms with Gasteiger partial charge in [0.1, 0.15) is 5.76 Å². The number of hydrogen-bond donors (Lipinski definition) is 0. The van der Waals surface area contributed by atoms with E-state index in [4.69, 9.17) is 4.42 Å². The summed E-state index contributed by atoms with van der Waals surface area (Å²) in [6.07, 6.45) is 7.93. The predicted molar refractivity (Wildman–Crippen MR) is 111 cm³/mol. The molecule has 0 saturated carbocycles. The molecule has 0 N–H and O–H groups in total. The van der Waals surface area contributed by atoms with Gasteiger partial charge < -0.3 is 4.42 Å². The number of hydrogen-bond acceptors (Lipinski definition) is 4. The molecule has 4 aromatic rings. The quantitative estimate of drug-likeness (QED) is 0.482. The summed E-state index contributed by atoms with van der Waals surface area (Å²) in [4.78, 5) is 19.0. The molecule has 0 saturated heterocycles. The van der Waals surface area contributed by atoms with Crippen molar-refractivity contribution in [1.29, 1.82) is 0 Å². The average Bonchev–Trinajstić information content (AvgIpc) is 3.21. The number of benzene rings is 1. The Kier molecular flexibility index (Phi) is 4.38. The van der Waals surface area contributed by atoms with E-state index >= 15 is 0 Å². The zero-order valence-electron chi connectivity index (χ0n) is 14.9. The maximum absolute atomic E-state index is 12.3. The average molecular weight is 374 g/mol. The molecule has 0 amide bonds. The molecule has 4 nitrogen and oxygen atoms in total. The normalized spacial score (nSPS) is 11.0. The molecule has 3 aromatic heterocycles. The summed E-state index contributed by atoms with van der Waals surface area (Å²) in [7, 11) is 0. The number of aryl methyl sites for hydroxylation is 1. The molecule has 27 heavy (non-hydrogen) atoms. The van der Waals surface area contributed by atoms with Crippen molar-refractivity contribution in [3.8, 4) is 11.3 Å². The van der Waals surface area contributed by atoms with E-state index in [1.54, 1.807) is 23.5 Å². The van der Waals surface area contributed by atoms with Gasteiger partial charge in [-0.25, -0.2) is 9.78 Å². The molecule has 4 rings (SSSR count). The zero-order valence-corrected chi connectivity index (χ0v) is 15.8. The van der Waals surface area contributed by atoms with Crippen LogP contribution in [0.2, 0.25) is 0 Å². The van der Waals surface area contributed by atoms with Gasteiger partial charge in [-0.05, 0) is 24.6 Å². The molecule has 134 valence electrons. The van der Waals surface area contributed by atoms with E-state index in [2.05, 4.69) is 55.5 Å². The van der Waals surface area contributed by atoms with Gasteiger partial charge in [0.05, 0.1) is 11.3 Å². The third kappa shape index (κ3) is 3.29.